The highest BCUT2D eigenvalue weighted by Gasteiger charge is 2.45. The van der Waals surface area contributed by atoms with Crippen LogP contribution in [-0.4, -0.2) is 47.7 Å². The van der Waals surface area contributed by atoms with E-state index in [9.17, 15) is 9.59 Å². The monoisotopic (exact) mass is 303 g/mol. The first kappa shape index (κ1) is 15.0. The Bertz CT molecular complexity index is 604. The Morgan fingerprint density at radius 1 is 1.23 bits per heavy atom. The Morgan fingerprint density at radius 2 is 1.86 bits per heavy atom. The van der Waals surface area contributed by atoms with Crippen LogP contribution in [0.5, 0.6) is 0 Å². The van der Waals surface area contributed by atoms with Gasteiger partial charge in [0.1, 0.15) is 0 Å². The van der Waals surface area contributed by atoms with E-state index in [1.54, 1.807) is 24.0 Å². The Hall–Kier alpha value is -1.88. The van der Waals surface area contributed by atoms with Crippen LogP contribution < -0.4 is 0 Å². The number of carbonyl (C=O) groups is 2. The minimum atomic E-state index is -1.14. The maximum atomic E-state index is 12.9. The van der Waals surface area contributed by atoms with Gasteiger partial charge in [-0.15, -0.1) is 0 Å². The molecule has 22 heavy (non-hydrogen) atoms. The van der Waals surface area contributed by atoms with E-state index in [0.717, 1.165) is 5.56 Å². The number of hydrogen-bond donors (Lipinski definition) is 0. The summed E-state index contributed by atoms with van der Waals surface area (Å²) in [5, 5.41) is 0. The Balaban J connectivity index is 1.85. The van der Waals surface area contributed by atoms with E-state index in [2.05, 4.69) is 0 Å². The van der Waals surface area contributed by atoms with E-state index < -0.39 is 11.6 Å². The third-order valence-electron chi connectivity index (χ3n) is 4.24. The second-order valence-electron chi connectivity index (χ2n) is 6.42. The zero-order valence-corrected chi connectivity index (χ0v) is 13.2. The minimum absolute atomic E-state index is 0.0112. The molecule has 3 unspecified atom stereocenters. The number of rotatable bonds is 1. The molecule has 5 nitrogen and oxygen atoms in total. The molecule has 0 spiro atoms. The van der Waals surface area contributed by atoms with Crippen molar-refractivity contribution in [2.24, 2.45) is 0 Å². The summed E-state index contributed by atoms with van der Waals surface area (Å²) < 4.78 is 11.2. The molecule has 2 heterocycles. The molecule has 1 saturated heterocycles. The van der Waals surface area contributed by atoms with E-state index in [-0.39, 0.29) is 18.1 Å². The predicted octanol–water partition coefficient (Wildman–Crippen LogP) is 1.79. The lowest BCUT2D eigenvalue weighted by Gasteiger charge is -2.41. The molecule has 1 amide bonds. The number of hydrogen-bond acceptors (Lipinski definition) is 4. The van der Waals surface area contributed by atoms with E-state index in [1.165, 1.54) is 0 Å². The van der Waals surface area contributed by atoms with Gasteiger partial charge in [-0.2, -0.15) is 0 Å². The number of nitrogens with zero attached hydrogens (tertiary/aromatic N) is 1. The molecule has 1 aromatic carbocycles. The lowest BCUT2D eigenvalue weighted by atomic mass is 9.88. The maximum absolute atomic E-state index is 12.9. The molecule has 0 aromatic heterocycles. The Kier molecular flexibility index (Phi) is 3.68. The topological polar surface area (TPSA) is 55.8 Å². The molecular formula is C17H21NO4. The molecule has 118 valence electrons. The molecule has 3 atom stereocenters. The fourth-order valence-corrected chi connectivity index (χ4v) is 3.33. The summed E-state index contributed by atoms with van der Waals surface area (Å²) in [5.41, 5.74) is 0.280. The summed E-state index contributed by atoms with van der Waals surface area (Å²) in [7, 11) is 0. The summed E-state index contributed by atoms with van der Waals surface area (Å²) in [6.45, 7) is 6.64. The summed E-state index contributed by atoms with van der Waals surface area (Å²) in [5.74, 6) is -0.565. The normalized spacial score (nSPS) is 31.4. The molecule has 2 aliphatic rings. The number of ether oxygens (including phenoxy) is 2. The molecule has 1 aromatic rings. The van der Waals surface area contributed by atoms with Crippen LogP contribution in [0.1, 0.15) is 36.7 Å². The summed E-state index contributed by atoms with van der Waals surface area (Å²) in [4.78, 5) is 26.9. The summed E-state index contributed by atoms with van der Waals surface area (Å²) in [6.07, 6.45) is 0.388. The van der Waals surface area contributed by atoms with E-state index >= 15 is 0 Å². The van der Waals surface area contributed by atoms with Crippen molar-refractivity contribution in [3.05, 3.63) is 35.4 Å². The quantitative estimate of drug-likeness (QED) is 0.742. The van der Waals surface area contributed by atoms with Crippen molar-refractivity contribution in [3.63, 3.8) is 0 Å². The second kappa shape index (κ2) is 5.39. The van der Waals surface area contributed by atoms with Gasteiger partial charge >= 0.3 is 5.97 Å². The van der Waals surface area contributed by atoms with Gasteiger partial charge in [0.2, 0.25) is 0 Å². The van der Waals surface area contributed by atoms with Gasteiger partial charge < -0.3 is 14.4 Å². The van der Waals surface area contributed by atoms with Crippen LogP contribution in [0, 0.1) is 0 Å². The largest absolute Gasteiger partial charge is 0.445 e. The summed E-state index contributed by atoms with van der Waals surface area (Å²) in [6, 6.07) is 7.30. The third-order valence-corrected chi connectivity index (χ3v) is 4.24. The highest BCUT2D eigenvalue weighted by Crippen LogP contribution is 2.30. The standard InChI is InChI=1S/C17H21NO4/c1-11-9-18(10-12(2)21-11)16(20)17(3)8-13-6-4-5-7-14(13)15(19)22-17/h4-7,11-12H,8-10H2,1-3H3. The number of benzene rings is 1. The predicted molar refractivity (Wildman–Crippen MR) is 80.6 cm³/mol. The van der Waals surface area contributed by atoms with Crippen molar-refractivity contribution >= 4 is 11.9 Å². The Morgan fingerprint density at radius 3 is 2.55 bits per heavy atom. The van der Waals surface area contributed by atoms with Crippen LogP contribution >= 0.6 is 0 Å². The lowest BCUT2D eigenvalue weighted by molar-refractivity contribution is -0.162. The molecular weight excluding hydrogens is 282 g/mol. The minimum Gasteiger partial charge on any atom is -0.445 e. The molecule has 1 fully saturated rings. The van der Waals surface area contributed by atoms with Gasteiger partial charge in [-0.05, 0) is 32.4 Å². The fourth-order valence-electron chi connectivity index (χ4n) is 3.33. The number of carbonyl (C=O) groups excluding carboxylic acids is 2. The van der Waals surface area contributed by atoms with Crippen molar-refractivity contribution in [3.8, 4) is 0 Å². The van der Waals surface area contributed by atoms with Gasteiger partial charge in [0.15, 0.2) is 5.60 Å². The molecule has 5 heteroatoms. The third kappa shape index (κ3) is 2.61. The first-order valence-corrected chi connectivity index (χ1v) is 7.65. The van der Waals surface area contributed by atoms with Gasteiger partial charge in [0, 0.05) is 19.5 Å². The number of fused-ring (bicyclic) bond motifs is 1. The van der Waals surface area contributed by atoms with Gasteiger partial charge in [0.05, 0.1) is 17.8 Å². The van der Waals surface area contributed by atoms with E-state index in [1.807, 2.05) is 26.0 Å². The van der Waals surface area contributed by atoms with Crippen LogP contribution in [0.15, 0.2) is 24.3 Å². The maximum Gasteiger partial charge on any atom is 0.339 e. The van der Waals surface area contributed by atoms with Crippen LogP contribution in [0.3, 0.4) is 0 Å². The van der Waals surface area contributed by atoms with Crippen molar-refractivity contribution in [1.82, 2.24) is 4.90 Å². The van der Waals surface area contributed by atoms with Crippen molar-refractivity contribution in [1.29, 1.82) is 0 Å². The van der Waals surface area contributed by atoms with Gasteiger partial charge in [-0.25, -0.2) is 4.79 Å². The highest BCUT2D eigenvalue weighted by molar-refractivity contribution is 5.97. The van der Waals surface area contributed by atoms with E-state index in [0.29, 0.717) is 25.1 Å². The lowest BCUT2D eigenvalue weighted by Crippen LogP contribution is -2.58. The van der Waals surface area contributed by atoms with Crippen LogP contribution in [0.2, 0.25) is 0 Å². The molecule has 0 aliphatic carbocycles. The molecule has 0 bridgehead atoms. The zero-order valence-electron chi connectivity index (χ0n) is 13.2. The van der Waals surface area contributed by atoms with Crippen LogP contribution in [0.4, 0.5) is 0 Å². The molecule has 0 radical (unpaired) electrons. The molecule has 2 aliphatic heterocycles. The van der Waals surface area contributed by atoms with E-state index in [4.69, 9.17) is 9.47 Å². The fraction of sp³-hybridized carbons (Fsp3) is 0.529. The average Bonchev–Trinajstić information content (AvgIpc) is 2.45. The van der Waals surface area contributed by atoms with Gasteiger partial charge in [0.25, 0.3) is 5.91 Å². The molecule has 3 rings (SSSR count). The van der Waals surface area contributed by atoms with Crippen molar-refractivity contribution in [2.45, 2.75) is 45.0 Å². The van der Waals surface area contributed by atoms with Gasteiger partial charge in [-0.1, -0.05) is 18.2 Å². The van der Waals surface area contributed by atoms with Crippen LogP contribution in [0.25, 0.3) is 0 Å². The SMILES string of the molecule is CC1CN(C(=O)C2(C)Cc3ccccc3C(=O)O2)CC(C)O1. The number of morpholine rings is 1. The molecule has 0 saturated carbocycles. The Labute approximate surface area is 130 Å². The first-order chi connectivity index (χ1) is 10.4. The first-order valence-electron chi connectivity index (χ1n) is 7.65. The number of cyclic esters (lactones) is 1. The highest BCUT2D eigenvalue weighted by atomic mass is 16.6. The summed E-state index contributed by atoms with van der Waals surface area (Å²) >= 11 is 0. The number of esters is 1. The van der Waals surface area contributed by atoms with Crippen molar-refractivity contribution in [2.75, 3.05) is 13.1 Å². The molecule has 0 N–H and O–H groups in total. The van der Waals surface area contributed by atoms with Crippen LogP contribution in [-0.2, 0) is 20.7 Å². The average molecular weight is 303 g/mol. The smallest absolute Gasteiger partial charge is 0.339 e. The van der Waals surface area contributed by atoms with Crippen molar-refractivity contribution < 1.29 is 19.1 Å². The second-order valence-corrected chi connectivity index (χ2v) is 6.42. The zero-order chi connectivity index (χ0) is 15.9. The number of amides is 1. The van der Waals surface area contributed by atoms with Gasteiger partial charge in [-0.3, -0.25) is 4.79 Å².